The van der Waals surface area contributed by atoms with E-state index >= 15 is 0 Å². The summed E-state index contributed by atoms with van der Waals surface area (Å²) in [7, 11) is 1.66. The number of H-pyrrole nitrogens is 1. The zero-order chi connectivity index (χ0) is 17.9. The number of nitrogens with zero attached hydrogens (tertiary/aromatic N) is 2. The van der Waals surface area contributed by atoms with Gasteiger partial charge in [0.25, 0.3) is 0 Å². The van der Waals surface area contributed by atoms with Crippen molar-refractivity contribution in [1.82, 2.24) is 14.8 Å². The average molecular weight is 349 g/mol. The quantitative estimate of drug-likeness (QED) is 0.770. The number of piperazine rings is 1. The number of methoxy groups -OCH3 is 1. The molecule has 0 spiro atoms. The molecule has 3 aromatic rings. The van der Waals surface area contributed by atoms with E-state index in [0.29, 0.717) is 13.1 Å². The van der Waals surface area contributed by atoms with Crippen molar-refractivity contribution in [2.75, 3.05) is 26.7 Å². The molecule has 2 aromatic carbocycles. The molecule has 0 unspecified atom stereocenters. The first-order valence-corrected chi connectivity index (χ1v) is 8.90. The van der Waals surface area contributed by atoms with Crippen molar-refractivity contribution in [2.45, 2.75) is 13.1 Å². The Kier molecular flexibility index (Phi) is 4.63. The fraction of sp³-hybridized carbons (Fsp3) is 0.286. The molecule has 5 nitrogen and oxygen atoms in total. The molecule has 26 heavy (non-hydrogen) atoms. The maximum Gasteiger partial charge on any atom is 0.237 e. The van der Waals surface area contributed by atoms with E-state index in [1.165, 1.54) is 10.9 Å². The topological polar surface area (TPSA) is 48.6 Å². The molecule has 5 heteroatoms. The van der Waals surface area contributed by atoms with Crippen molar-refractivity contribution in [3.8, 4) is 5.75 Å². The summed E-state index contributed by atoms with van der Waals surface area (Å²) >= 11 is 0. The van der Waals surface area contributed by atoms with Gasteiger partial charge in [0.05, 0.1) is 13.7 Å². The lowest BCUT2D eigenvalue weighted by molar-refractivity contribution is -0.136. The molecule has 1 amide bonds. The number of nitrogens with one attached hydrogen (secondary N) is 1. The summed E-state index contributed by atoms with van der Waals surface area (Å²) in [6.07, 6.45) is 1.95. The second-order valence-electron chi connectivity index (χ2n) is 6.77. The SMILES string of the molecule is COc1ccc(CN2CCN(Cc3ccc4[nH]ccc4c3)CC2=O)cc1. The van der Waals surface area contributed by atoms with Crippen LogP contribution in [0.3, 0.4) is 0 Å². The summed E-state index contributed by atoms with van der Waals surface area (Å²) in [6.45, 7) is 3.60. The molecule has 0 bridgehead atoms. The number of aromatic amines is 1. The zero-order valence-electron chi connectivity index (χ0n) is 14.9. The molecule has 1 N–H and O–H groups in total. The minimum Gasteiger partial charge on any atom is -0.497 e. The molecule has 1 aliphatic rings. The molecule has 2 heterocycles. The molecule has 0 atom stereocenters. The van der Waals surface area contributed by atoms with Crippen LogP contribution in [-0.4, -0.2) is 47.4 Å². The second kappa shape index (κ2) is 7.22. The molecule has 1 saturated heterocycles. The predicted molar refractivity (Wildman–Crippen MR) is 102 cm³/mol. The number of fused-ring (bicyclic) bond motifs is 1. The molecule has 0 aliphatic carbocycles. The summed E-state index contributed by atoms with van der Waals surface area (Å²) in [5, 5.41) is 1.21. The third-order valence-electron chi connectivity index (χ3n) is 4.95. The van der Waals surface area contributed by atoms with E-state index in [1.54, 1.807) is 7.11 Å². The molecule has 1 aromatic heterocycles. The number of rotatable bonds is 5. The normalized spacial score (nSPS) is 15.6. The molecule has 0 radical (unpaired) electrons. The Balaban J connectivity index is 1.35. The van der Waals surface area contributed by atoms with Gasteiger partial charge in [-0.15, -0.1) is 0 Å². The molecule has 1 fully saturated rings. The molecule has 134 valence electrons. The van der Waals surface area contributed by atoms with Gasteiger partial charge in [0.2, 0.25) is 5.91 Å². The number of carbonyl (C=O) groups excluding carboxylic acids is 1. The van der Waals surface area contributed by atoms with Gasteiger partial charge in [0.15, 0.2) is 0 Å². The number of benzene rings is 2. The largest absolute Gasteiger partial charge is 0.497 e. The van der Waals surface area contributed by atoms with Gasteiger partial charge in [-0.1, -0.05) is 18.2 Å². The lowest BCUT2D eigenvalue weighted by Gasteiger charge is -2.34. The number of hydrogen-bond acceptors (Lipinski definition) is 3. The third kappa shape index (κ3) is 3.58. The van der Waals surface area contributed by atoms with Crippen LogP contribution < -0.4 is 4.74 Å². The highest BCUT2D eigenvalue weighted by atomic mass is 16.5. The fourth-order valence-electron chi connectivity index (χ4n) is 3.47. The highest BCUT2D eigenvalue weighted by Gasteiger charge is 2.24. The van der Waals surface area contributed by atoms with E-state index in [-0.39, 0.29) is 5.91 Å². The number of carbonyl (C=O) groups is 1. The first-order valence-electron chi connectivity index (χ1n) is 8.90. The second-order valence-corrected chi connectivity index (χ2v) is 6.77. The highest BCUT2D eigenvalue weighted by molar-refractivity contribution is 5.80. The highest BCUT2D eigenvalue weighted by Crippen LogP contribution is 2.18. The monoisotopic (exact) mass is 349 g/mol. The molecule has 4 rings (SSSR count). The Labute approximate surface area is 153 Å². The van der Waals surface area contributed by atoms with Gasteiger partial charge >= 0.3 is 0 Å². The fourth-order valence-corrected chi connectivity index (χ4v) is 3.47. The third-order valence-corrected chi connectivity index (χ3v) is 4.95. The van der Waals surface area contributed by atoms with Gasteiger partial charge in [0, 0.05) is 37.9 Å². The van der Waals surface area contributed by atoms with Crippen LogP contribution in [0.25, 0.3) is 10.9 Å². The van der Waals surface area contributed by atoms with E-state index in [4.69, 9.17) is 4.74 Å². The first-order chi connectivity index (χ1) is 12.7. The first kappa shape index (κ1) is 16.7. The Hall–Kier alpha value is -2.79. The summed E-state index contributed by atoms with van der Waals surface area (Å²) in [6, 6.07) is 16.4. The minimum atomic E-state index is 0.190. The Morgan fingerprint density at radius 3 is 2.58 bits per heavy atom. The van der Waals surface area contributed by atoms with Crippen molar-refractivity contribution < 1.29 is 9.53 Å². The van der Waals surface area contributed by atoms with Crippen LogP contribution in [0.4, 0.5) is 0 Å². The maximum absolute atomic E-state index is 12.5. The summed E-state index contributed by atoms with van der Waals surface area (Å²) in [4.78, 5) is 19.9. The molecular formula is C21H23N3O2. The van der Waals surface area contributed by atoms with Gasteiger partial charge in [-0.25, -0.2) is 0 Å². The number of hydrogen-bond donors (Lipinski definition) is 1. The average Bonchev–Trinajstić information content (AvgIpc) is 3.12. The van der Waals surface area contributed by atoms with Gasteiger partial charge < -0.3 is 14.6 Å². The van der Waals surface area contributed by atoms with Crippen LogP contribution in [0.15, 0.2) is 54.7 Å². The van der Waals surface area contributed by atoms with E-state index in [0.717, 1.165) is 36.5 Å². The lowest BCUT2D eigenvalue weighted by Crippen LogP contribution is -2.49. The minimum absolute atomic E-state index is 0.190. The van der Waals surface area contributed by atoms with Crippen LogP contribution in [0.5, 0.6) is 5.75 Å². The predicted octanol–water partition coefficient (Wildman–Crippen LogP) is 3.02. The van der Waals surface area contributed by atoms with Gasteiger partial charge in [-0.05, 0) is 46.8 Å². The van der Waals surface area contributed by atoms with Crippen LogP contribution >= 0.6 is 0 Å². The summed E-state index contributed by atoms with van der Waals surface area (Å²) in [5.74, 6) is 1.03. The van der Waals surface area contributed by atoms with Crippen LogP contribution in [-0.2, 0) is 17.9 Å². The van der Waals surface area contributed by atoms with E-state index in [2.05, 4.69) is 34.1 Å². The van der Waals surface area contributed by atoms with Crippen LogP contribution in [0.2, 0.25) is 0 Å². The maximum atomic E-state index is 12.5. The zero-order valence-corrected chi connectivity index (χ0v) is 14.9. The van der Waals surface area contributed by atoms with Crippen molar-refractivity contribution in [3.05, 3.63) is 65.9 Å². The van der Waals surface area contributed by atoms with Crippen molar-refractivity contribution in [3.63, 3.8) is 0 Å². The van der Waals surface area contributed by atoms with Crippen LogP contribution in [0.1, 0.15) is 11.1 Å². The summed E-state index contributed by atoms with van der Waals surface area (Å²) < 4.78 is 5.18. The number of aromatic nitrogens is 1. The molecule has 0 saturated carbocycles. The smallest absolute Gasteiger partial charge is 0.237 e. The van der Waals surface area contributed by atoms with Gasteiger partial charge in [0.1, 0.15) is 5.75 Å². The standard InChI is InChI=1S/C21H23N3O2/c1-26-19-5-2-16(3-6-19)14-24-11-10-23(15-21(24)25)13-17-4-7-20-18(12-17)8-9-22-20/h2-9,12,22H,10-11,13-15H2,1H3. The van der Waals surface area contributed by atoms with Gasteiger partial charge in [-0.3, -0.25) is 9.69 Å². The molecular weight excluding hydrogens is 326 g/mol. The Morgan fingerprint density at radius 1 is 1.00 bits per heavy atom. The van der Waals surface area contributed by atoms with Crippen molar-refractivity contribution >= 4 is 16.8 Å². The lowest BCUT2D eigenvalue weighted by atomic mass is 10.1. The van der Waals surface area contributed by atoms with E-state index in [9.17, 15) is 4.79 Å². The van der Waals surface area contributed by atoms with Crippen LogP contribution in [0, 0.1) is 0 Å². The Bertz CT molecular complexity index is 901. The Morgan fingerprint density at radius 2 is 1.81 bits per heavy atom. The number of ether oxygens (including phenoxy) is 1. The molecule has 1 aliphatic heterocycles. The van der Waals surface area contributed by atoms with Crippen molar-refractivity contribution in [2.24, 2.45) is 0 Å². The van der Waals surface area contributed by atoms with Crippen molar-refractivity contribution in [1.29, 1.82) is 0 Å². The summed E-state index contributed by atoms with van der Waals surface area (Å²) in [5.41, 5.74) is 3.52. The van der Waals surface area contributed by atoms with E-state index < -0.39 is 0 Å². The van der Waals surface area contributed by atoms with Gasteiger partial charge in [-0.2, -0.15) is 0 Å². The van der Waals surface area contributed by atoms with E-state index in [1.807, 2.05) is 35.4 Å². The number of amides is 1.